The quantitative estimate of drug-likeness (QED) is 0.779. The van der Waals surface area contributed by atoms with E-state index in [4.69, 9.17) is 0 Å². The Morgan fingerprint density at radius 1 is 1.30 bits per heavy atom. The van der Waals surface area contributed by atoms with Crippen molar-refractivity contribution in [2.75, 3.05) is 0 Å². The van der Waals surface area contributed by atoms with E-state index < -0.39 is 16.1 Å². The summed E-state index contributed by atoms with van der Waals surface area (Å²) in [5.41, 5.74) is 0.936. The number of carbonyl (C=O) groups is 1. The summed E-state index contributed by atoms with van der Waals surface area (Å²) in [6.45, 7) is 1.96. The number of hydrogen-bond donors (Lipinski definition) is 3. The molecule has 0 fully saturated rings. The van der Waals surface area contributed by atoms with Crippen molar-refractivity contribution in [1.29, 1.82) is 0 Å². The van der Waals surface area contributed by atoms with Crippen molar-refractivity contribution < 1.29 is 13.2 Å². The van der Waals surface area contributed by atoms with Crippen molar-refractivity contribution >= 4 is 16.1 Å². The fourth-order valence-corrected chi connectivity index (χ4v) is 2.42. The van der Waals surface area contributed by atoms with Crippen LogP contribution in [0.25, 0.3) is 0 Å². The van der Waals surface area contributed by atoms with Crippen LogP contribution in [0.4, 0.5) is 4.79 Å². The minimum Gasteiger partial charge on any atom is -0.347 e. The van der Waals surface area contributed by atoms with Crippen molar-refractivity contribution in [3.63, 3.8) is 0 Å². The van der Waals surface area contributed by atoms with Gasteiger partial charge in [0, 0.05) is 12.4 Å². The predicted octanol–water partition coefficient (Wildman–Crippen LogP) is 0.906. The lowest BCUT2D eigenvalue weighted by Gasteiger charge is -2.08. The Balaban J connectivity index is 1.97. The van der Waals surface area contributed by atoms with Gasteiger partial charge < -0.3 is 10.3 Å². The Morgan fingerprint density at radius 2 is 2.00 bits per heavy atom. The summed E-state index contributed by atoms with van der Waals surface area (Å²) < 4.78 is 25.8. The van der Waals surface area contributed by atoms with E-state index in [2.05, 4.69) is 15.3 Å². The Morgan fingerprint density at radius 3 is 2.60 bits per heavy atom. The molecule has 20 heavy (non-hydrogen) atoms. The smallest absolute Gasteiger partial charge is 0.329 e. The Labute approximate surface area is 116 Å². The molecule has 7 nitrogen and oxygen atoms in total. The van der Waals surface area contributed by atoms with E-state index >= 15 is 0 Å². The predicted molar refractivity (Wildman–Crippen MR) is 72.3 cm³/mol. The lowest BCUT2D eigenvalue weighted by atomic mass is 10.2. The molecule has 8 heteroatoms. The first-order chi connectivity index (χ1) is 9.47. The molecule has 0 bridgehead atoms. The van der Waals surface area contributed by atoms with Gasteiger partial charge in [0.15, 0.2) is 0 Å². The molecule has 0 radical (unpaired) electrons. The van der Waals surface area contributed by atoms with Crippen molar-refractivity contribution in [2.24, 2.45) is 0 Å². The third-order valence-corrected chi connectivity index (χ3v) is 3.88. The van der Waals surface area contributed by atoms with Gasteiger partial charge in [-0.25, -0.2) is 22.9 Å². The normalized spacial score (nSPS) is 11.1. The zero-order chi connectivity index (χ0) is 14.6. The number of hydrogen-bond acceptors (Lipinski definition) is 4. The highest BCUT2D eigenvalue weighted by atomic mass is 32.2. The number of amides is 2. The lowest BCUT2D eigenvalue weighted by molar-refractivity contribution is 0.245. The molecular formula is C12H14N4O3S. The number of aromatic amines is 1. The van der Waals surface area contributed by atoms with Crippen LogP contribution in [0.3, 0.4) is 0 Å². The molecule has 1 aromatic heterocycles. The minimum absolute atomic E-state index is 0.0382. The molecular weight excluding hydrogens is 280 g/mol. The number of imidazole rings is 1. The minimum atomic E-state index is -3.86. The van der Waals surface area contributed by atoms with Crippen LogP contribution in [0.1, 0.15) is 11.4 Å². The lowest BCUT2D eigenvalue weighted by Crippen LogP contribution is -2.39. The van der Waals surface area contributed by atoms with Gasteiger partial charge in [0.25, 0.3) is 10.0 Å². The van der Waals surface area contributed by atoms with Crippen LogP contribution in [-0.2, 0) is 16.6 Å². The summed E-state index contributed by atoms with van der Waals surface area (Å²) in [5, 5.41) is 2.40. The highest BCUT2D eigenvalue weighted by Crippen LogP contribution is 2.09. The summed E-state index contributed by atoms with van der Waals surface area (Å²) in [6.07, 6.45) is 3.15. The van der Waals surface area contributed by atoms with E-state index in [0.29, 0.717) is 5.82 Å². The van der Waals surface area contributed by atoms with Gasteiger partial charge in [-0.15, -0.1) is 0 Å². The second-order valence-electron chi connectivity index (χ2n) is 4.14. The van der Waals surface area contributed by atoms with Crippen molar-refractivity contribution in [2.45, 2.75) is 18.4 Å². The van der Waals surface area contributed by atoms with Crippen molar-refractivity contribution in [3.8, 4) is 0 Å². The number of nitrogens with zero attached hydrogens (tertiary/aromatic N) is 1. The first kappa shape index (κ1) is 14.1. The topological polar surface area (TPSA) is 104 Å². The van der Waals surface area contributed by atoms with E-state index in [-0.39, 0.29) is 11.4 Å². The fraction of sp³-hybridized carbons (Fsp3) is 0.167. The molecule has 2 amide bonds. The summed E-state index contributed by atoms with van der Waals surface area (Å²) >= 11 is 0. The average Bonchev–Trinajstić information content (AvgIpc) is 2.89. The molecule has 1 aromatic carbocycles. The van der Waals surface area contributed by atoms with Gasteiger partial charge in [-0.2, -0.15) is 0 Å². The van der Waals surface area contributed by atoms with Gasteiger partial charge in [0.1, 0.15) is 5.82 Å². The van der Waals surface area contributed by atoms with Gasteiger partial charge >= 0.3 is 6.03 Å². The largest absolute Gasteiger partial charge is 0.347 e. The van der Waals surface area contributed by atoms with Crippen LogP contribution in [-0.4, -0.2) is 24.4 Å². The number of sulfonamides is 1. The number of nitrogens with one attached hydrogen (secondary N) is 3. The molecule has 2 rings (SSSR count). The third-order valence-electron chi connectivity index (χ3n) is 2.53. The van der Waals surface area contributed by atoms with Gasteiger partial charge in [0.05, 0.1) is 11.4 Å². The number of aromatic nitrogens is 2. The second kappa shape index (κ2) is 5.74. The summed E-state index contributed by atoms with van der Waals surface area (Å²) in [7, 11) is -3.86. The zero-order valence-corrected chi connectivity index (χ0v) is 11.6. The van der Waals surface area contributed by atoms with Crippen LogP contribution < -0.4 is 10.0 Å². The summed E-state index contributed by atoms with van der Waals surface area (Å²) in [6, 6.07) is 5.40. The molecule has 0 spiro atoms. The first-order valence-corrected chi connectivity index (χ1v) is 7.31. The highest BCUT2D eigenvalue weighted by Gasteiger charge is 2.17. The number of urea groups is 1. The number of carbonyl (C=O) groups excluding carboxylic acids is 1. The van der Waals surface area contributed by atoms with Crippen LogP contribution in [0.5, 0.6) is 0 Å². The van der Waals surface area contributed by atoms with E-state index in [0.717, 1.165) is 5.56 Å². The Bertz CT molecular complexity index is 678. The van der Waals surface area contributed by atoms with Crippen molar-refractivity contribution in [3.05, 3.63) is 48.0 Å². The fourth-order valence-electron chi connectivity index (χ4n) is 1.49. The Kier molecular flexibility index (Phi) is 4.04. The summed E-state index contributed by atoms with van der Waals surface area (Å²) in [4.78, 5) is 18.3. The van der Waals surface area contributed by atoms with E-state index in [9.17, 15) is 13.2 Å². The molecule has 0 unspecified atom stereocenters. The van der Waals surface area contributed by atoms with E-state index in [1.807, 2.05) is 11.6 Å². The van der Waals surface area contributed by atoms with Crippen molar-refractivity contribution in [1.82, 2.24) is 20.0 Å². The molecule has 0 aliphatic rings. The van der Waals surface area contributed by atoms with Gasteiger partial charge in [-0.3, -0.25) is 0 Å². The van der Waals surface area contributed by atoms with Gasteiger partial charge in [-0.05, 0) is 19.1 Å². The van der Waals surface area contributed by atoms with Gasteiger partial charge in [-0.1, -0.05) is 17.7 Å². The maximum Gasteiger partial charge on any atom is 0.329 e. The third kappa shape index (κ3) is 3.58. The molecule has 0 saturated carbocycles. The van der Waals surface area contributed by atoms with Gasteiger partial charge in [0.2, 0.25) is 0 Å². The standard InChI is InChI=1S/C12H14N4O3S/c1-9-2-4-10(5-3-9)20(18,19)16-12(17)15-8-11-13-6-7-14-11/h2-7H,8H2,1H3,(H,13,14)(H2,15,16,17). The van der Waals surface area contributed by atoms with E-state index in [1.54, 1.807) is 18.3 Å². The summed E-state index contributed by atoms with van der Waals surface area (Å²) in [5.74, 6) is 0.535. The molecule has 3 N–H and O–H groups in total. The number of benzene rings is 1. The molecule has 0 saturated heterocycles. The van der Waals surface area contributed by atoms with Crippen LogP contribution in [0.2, 0.25) is 0 Å². The zero-order valence-electron chi connectivity index (χ0n) is 10.8. The maximum absolute atomic E-state index is 11.9. The highest BCUT2D eigenvalue weighted by molar-refractivity contribution is 7.90. The number of aryl methyl sites for hydroxylation is 1. The molecule has 0 atom stereocenters. The monoisotopic (exact) mass is 294 g/mol. The molecule has 1 heterocycles. The first-order valence-electron chi connectivity index (χ1n) is 5.83. The number of rotatable bonds is 4. The number of H-pyrrole nitrogens is 1. The average molecular weight is 294 g/mol. The SMILES string of the molecule is Cc1ccc(S(=O)(=O)NC(=O)NCc2ncc[nH]2)cc1. The van der Waals surface area contributed by atoms with Crippen LogP contribution in [0.15, 0.2) is 41.6 Å². The molecule has 0 aliphatic heterocycles. The molecule has 2 aromatic rings. The van der Waals surface area contributed by atoms with E-state index in [1.165, 1.54) is 18.3 Å². The maximum atomic E-state index is 11.9. The Hall–Kier alpha value is -2.35. The van der Waals surface area contributed by atoms with Crippen LogP contribution in [0, 0.1) is 6.92 Å². The second-order valence-corrected chi connectivity index (χ2v) is 5.82. The molecule has 106 valence electrons. The van der Waals surface area contributed by atoms with Crippen LogP contribution >= 0.6 is 0 Å². The molecule has 0 aliphatic carbocycles.